The number of alkyl carbamates (subject to hydrolysis) is 1. The van der Waals surface area contributed by atoms with Gasteiger partial charge in [0.2, 0.25) is 6.79 Å². The molecule has 0 spiro atoms. The highest BCUT2D eigenvalue weighted by Gasteiger charge is 2.00. The van der Waals surface area contributed by atoms with Gasteiger partial charge in [-0.25, -0.2) is 4.79 Å². The zero-order chi connectivity index (χ0) is 10.8. The Balaban J connectivity index is 3.24. The van der Waals surface area contributed by atoms with Gasteiger partial charge in [-0.15, -0.1) is 0 Å². The summed E-state index contributed by atoms with van der Waals surface area (Å²) in [5, 5.41) is 5.44. The summed E-state index contributed by atoms with van der Waals surface area (Å²) in [5.41, 5.74) is 0. The number of nitrogens with one attached hydrogen (secondary N) is 2. The molecule has 0 aromatic heterocycles. The van der Waals surface area contributed by atoms with Crippen molar-refractivity contribution in [2.75, 3.05) is 26.9 Å². The van der Waals surface area contributed by atoms with E-state index in [1.54, 1.807) is 0 Å². The predicted octanol–water partition coefficient (Wildman–Crippen LogP) is -0.157. The molecular weight excluding hydrogens is 188 g/mol. The normalized spacial score (nSPS) is 9.29. The predicted molar refractivity (Wildman–Crippen MR) is 49.7 cm³/mol. The van der Waals surface area contributed by atoms with E-state index in [2.05, 4.69) is 20.1 Å². The Morgan fingerprint density at radius 2 is 1.93 bits per heavy atom. The summed E-state index contributed by atoms with van der Waals surface area (Å²) in [6.07, 6.45) is 0.237. The lowest BCUT2D eigenvalue weighted by molar-refractivity contribution is -0.149. The summed E-state index contributed by atoms with van der Waals surface area (Å²) >= 11 is 0. The SMILES string of the molecule is CNCCCNC(=O)OCOC(C)=O. The van der Waals surface area contributed by atoms with Crippen molar-refractivity contribution in [1.82, 2.24) is 10.6 Å². The summed E-state index contributed by atoms with van der Waals surface area (Å²) in [4.78, 5) is 21.1. The molecule has 6 nitrogen and oxygen atoms in total. The fraction of sp³-hybridized carbons (Fsp3) is 0.750. The maximum atomic E-state index is 10.8. The van der Waals surface area contributed by atoms with Crippen molar-refractivity contribution in [3.8, 4) is 0 Å². The summed E-state index contributed by atoms with van der Waals surface area (Å²) in [6.45, 7) is 2.26. The van der Waals surface area contributed by atoms with E-state index in [4.69, 9.17) is 0 Å². The second-order valence-electron chi connectivity index (χ2n) is 2.57. The minimum atomic E-state index is -0.581. The van der Waals surface area contributed by atoms with Crippen LogP contribution in [0.3, 0.4) is 0 Å². The Morgan fingerprint density at radius 1 is 1.21 bits per heavy atom. The molecule has 0 rings (SSSR count). The number of hydrogen-bond acceptors (Lipinski definition) is 5. The molecule has 0 aromatic rings. The number of ether oxygens (including phenoxy) is 2. The quantitative estimate of drug-likeness (QED) is 0.357. The molecule has 1 amide bonds. The van der Waals surface area contributed by atoms with Crippen molar-refractivity contribution in [1.29, 1.82) is 0 Å². The molecule has 6 heteroatoms. The lowest BCUT2D eigenvalue weighted by Gasteiger charge is -2.06. The number of carbonyl (C=O) groups excluding carboxylic acids is 2. The Hall–Kier alpha value is -1.30. The lowest BCUT2D eigenvalue weighted by Crippen LogP contribution is -2.28. The highest BCUT2D eigenvalue weighted by Crippen LogP contribution is 1.82. The van der Waals surface area contributed by atoms with Crippen molar-refractivity contribution in [2.45, 2.75) is 13.3 Å². The van der Waals surface area contributed by atoms with Gasteiger partial charge in [-0.3, -0.25) is 4.79 Å². The third kappa shape index (κ3) is 8.79. The average Bonchev–Trinajstić information content (AvgIpc) is 2.12. The first-order valence-electron chi connectivity index (χ1n) is 4.35. The molecule has 0 aromatic carbocycles. The minimum absolute atomic E-state index is 0.340. The summed E-state index contributed by atoms with van der Waals surface area (Å²) in [5.74, 6) is -0.479. The van der Waals surface area contributed by atoms with E-state index in [1.165, 1.54) is 6.92 Å². The molecule has 0 atom stereocenters. The topological polar surface area (TPSA) is 76.7 Å². The summed E-state index contributed by atoms with van der Waals surface area (Å²) in [7, 11) is 1.83. The molecule has 0 saturated carbocycles. The molecule has 0 fully saturated rings. The molecule has 0 saturated heterocycles. The highest BCUT2D eigenvalue weighted by atomic mass is 16.7. The Kier molecular flexibility index (Phi) is 7.53. The summed E-state index contributed by atoms with van der Waals surface area (Å²) in [6, 6.07) is 0. The van der Waals surface area contributed by atoms with Gasteiger partial charge in [-0.2, -0.15) is 0 Å². The van der Waals surface area contributed by atoms with Crippen molar-refractivity contribution < 1.29 is 19.1 Å². The third-order valence-electron chi connectivity index (χ3n) is 1.33. The van der Waals surface area contributed by atoms with Crippen molar-refractivity contribution in [3.05, 3.63) is 0 Å². The standard InChI is InChI=1S/C8H16N2O4/c1-7(11)13-6-14-8(12)10-5-3-4-9-2/h9H,3-6H2,1-2H3,(H,10,12). The van der Waals surface area contributed by atoms with Gasteiger partial charge in [0.25, 0.3) is 0 Å². The number of amides is 1. The number of hydrogen-bond donors (Lipinski definition) is 2. The van der Waals surface area contributed by atoms with Gasteiger partial charge in [0.05, 0.1) is 0 Å². The smallest absolute Gasteiger partial charge is 0.410 e. The van der Waals surface area contributed by atoms with E-state index in [0.29, 0.717) is 6.54 Å². The minimum Gasteiger partial charge on any atom is -0.428 e. The van der Waals surface area contributed by atoms with E-state index < -0.39 is 12.1 Å². The van der Waals surface area contributed by atoms with Crippen molar-refractivity contribution >= 4 is 12.1 Å². The second kappa shape index (κ2) is 8.31. The fourth-order valence-corrected chi connectivity index (χ4v) is 0.673. The van der Waals surface area contributed by atoms with Gasteiger partial charge in [-0.1, -0.05) is 0 Å². The van der Waals surface area contributed by atoms with Gasteiger partial charge in [-0.05, 0) is 20.0 Å². The van der Waals surface area contributed by atoms with Crippen LogP contribution in [-0.2, 0) is 14.3 Å². The van der Waals surface area contributed by atoms with Crippen LogP contribution in [0.4, 0.5) is 4.79 Å². The van der Waals surface area contributed by atoms with Crippen LogP contribution in [0, 0.1) is 0 Å². The molecule has 82 valence electrons. The van der Waals surface area contributed by atoms with Crippen LogP contribution in [0.2, 0.25) is 0 Å². The molecule has 0 unspecified atom stereocenters. The maximum absolute atomic E-state index is 10.8. The number of carbonyl (C=O) groups is 2. The van der Waals surface area contributed by atoms with Crippen molar-refractivity contribution in [2.24, 2.45) is 0 Å². The first-order chi connectivity index (χ1) is 6.66. The van der Waals surface area contributed by atoms with Gasteiger partial charge in [0, 0.05) is 13.5 Å². The van der Waals surface area contributed by atoms with Crippen molar-refractivity contribution in [3.63, 3.8) is 0 Å². The van der Waals surface area contributed by atoms with Crippen LogP contribution >= 0.6 is 0 Å². The van der Waals surface area contributed by atoms with Crippen LogP contribution in [0.5, 0.6) is 0 Å². The maximum Gasteiger partial charge on any atom is 0.410 e. The monoisotopic (exact) mass is 204 g/mol. The zero-order valence-corrected chi connectivity index (χ0v) is 8.46. The molecule has 14 heavy (non-hydrogen) atoms. The molecule has 0 heterocycles. The second-order valence-corrected chi connectivity index (χ2v) is 2.57. The number of rotatable bonds is 6. The first-order valence-corrected chi connectivity index (χ1v) is 4.35. The van der Waals surface area contributed by atoms with Crippen LogP contribution in [0.15, 0.2) is 0 Å². The molecule has 0 aliphatic rings. The van der Waals surface area contributed by atoms with Crippen LogP contribution in [-0.4, -0.2) is 39.0 Å². The molecular formula is C8H16N2O4. The molecule has 0 aliphatic heterocycles. The van der Waals surface area contributed by atoms with Crippen LogP contribution in [0.25, 0.3) is 0 Å². The van der Waals surface area contributed by atoms with Gasteiger partial charge in [0.1, 0.15) is 0 Å². The number of esters is 1. The molecule has 0 radical (unpaired) electrons. The lowest BCUT2D eigenvalue weighted by atomic mass is 10.4. The first kappa shape index (κ1) is 12.7. The van der Waals surface area contributed by atoms with E-state index in [1.807, 2.05) is 7.05 Å². The summed E-state index contributed by atoms with van der Waals surface area (Å²) < 4.78 is 8.93. The van der Waals surface area contributed by atoms with E-state index in [9.17, 15) is 9.59 Å². The molecule has 2 N–H and O–H groups in total. The third-order valence-corrected chi connectivity index (χ3v) is 1.33. The Labute approximate surface area is 82.9 Å². The zero-order valence-electron chi connectivity index (χ0n) is 8.46. The van der Waals surface area contributed by atoms with Crippen LogP contribution < -0.4 is 10.6 Å². The van der Waals surface area contributed by atoms with E-state index >= 15 is 0 Å². The fourth-order valence-electron chi connectivity index (χ4n) is 0.673. The average molecular weight is 204 g/mol. The Bertz CT molecular complexity index is 184. The van der Waals surface area contributed by atoms with Gasteiger partial charge < -0.3 is 20.1 Å². The molecule has 0 bridgehead atoms. The molecule has 0 aliphatic carbocycles. The van der Waals surface area contributed by atoms with Gasteiger partial charge >= 0.3 is 12.1 Å². The largest absolute Gasteiger partial charge is 0.428 e. The van der Waals surface area contributed by atoms with E-state index in [0.717, 1.165) is 13.0 Å². The van der Waals surface area contributed by atoms with E-state index in [-0.39, 0.29) is 6.79 Å². The van der Waals surface area contributed by atoms with Gasteiger partial charge in [0.15, 0.2) is 0 Å². The Morgan fingerprint density at radius 3 is 2.50 bits per heavy atom. The highest BCUT2D eigenvalue weighted by molar-refractivity contribution is 5.68. The van der Waals surface area contributed by atoms with Crippen LogP contribution in [0.1, 0.15) is 13.3 Å².